The molecule has 4 heteroatoms. The van der Waals surface area contributed by atoms with Gasteiger partial charge in [-0.3, -0.25) is 0 Å². The number of ether oxygens (including phenoxy) is 3. The number of hydrogen-bond acceptors (Lipinski definition) is 4. The first kappa shape index (κ1) is 11.4. The maximum Gasteiger partial charge on any atom is 0.186 e. The maximum absolute atomic E-state index is 5.62. The number of nitrogens with two attached hydrogens (primary N) is 1. The molecule has 0 unspecified atom stereocenters. The standard InChI is InChI=1S/C13H15NO3/c1-15-11-4-3-9(7-12(11)16-2)10-5-6-17-13(14)8-10/h3-8,10H,14H2,1-2H3/t10-/m1/s1. The molecule has 0 fully saturated rings. The van der Waals surface area contributed by atoms with Crippen LogP contribution in [0.2, 0.25) is 0 Å². The summed E-state index contributed by atoms with van der Waals surface area (Å²) in [5.74, 6) is 1.93. The lowest BCUT2D eigenvalue weighted by Gasteiger charge is -2.16. The van der Waals surface area contributed by atoms with E-state index in [1.807, 2.05) is 30.4 Å². The number of rotatable bonds is 3. The zero-order valence-electron chi connectivity index (χ0n) is 9.84. The second kappa shape index (κ2) is 4.82. The number of methoxy groups -OCH3 is 2. The van der Waals surface area contributed by atoms with Gasteiger partial charge in [-0.05, 0) is 29.8 Å². The molecule has 0 amide bonds. The number of benzene rings is 1. The van der Waals surface area contributed by atoms with Gasteiger partial charge in [0.15, 0.2) is 17.4 Å². The van der Waals surface area contributed by atoms with Crippen molar-refractivity contribution in [2.45, 2.75) is 5.92 Å². The van der Waals surface area contributed by atoms with Crippen LogP contribution in [0.1, 0.15) is 11.5 Å². The van der Waals surface area contributed by atoms with Gasteiger partial charge in [0.1, 0.15) is 0 Å². The normalized spacial score (nSPS) is 18.2. The third kappa shape index (κ3) is 2.36. The van der Waals surface area contributed by atoms with Crippen molar-refractivity contribution in [1.82, 2.24) is 0 Å². The first-order valence-electron chi connectivity index (χ1n) is 5.27. The minimum absolute atomic E-state index is 0.101. The zero-order chi connectivity index (χ0) is 12.3. The molecule has 0 spiro atoms. The van der Waals surface area contributed by atoms with E-state index < -0.39 is 0 Å². The van der Waals surface area contributed by atoms with E-state index in [4.69, 9.17) is 19.9 Å². The Balaban J connectivity index is 2.33. The lowest BCUT2D eigenvalue weighted by molar-refractivity contribution is 0.333. The highest BCUT2D eigenvalue weighted by Crippen LogP contribution is 2.32. The van der Waals surface area contributed by atoms with E-state index in [1.54, 1.807) is 20.5 Å². The number of allylic oxidation sites excluding steroid dienone is 2. The van der Waals surface area contributed by atoms with Crippen molar-refractivity contribution < 1.29 is 14.2 Å². The van der Waals surface area contributed by atoms with Crippen LogP contribution in [0.25, 0.3) is 0 Å². The van der Waals surface area contributed by atoms with Gasteiger partial charge in [0.05, 0.1) is 20.5 Å². The van der Waals surface area contributed by atoms with Crippen LogP contribution < -0.4 is 15.2 Å². The third-order valence-electron chi connectivity index (χ3n) is 2.63. The van der Waals surface area contributed by atoms with Crippen molar-refractivity contribution in [2.75, 3.05) is 14.2 Å². The van der Waals surface area contributed by atoms with Crippen LogP contribution in [0.5, 0.6) is 11.5 Å². The average Bonchev–Trinajstić information content (AvgIpc) is 2.38. The molecular weight excluding hydrogens is 218 g/mol. The second-order valence-corrected chi connectivity index (χ2v) is 3.66. The highest BCUT2D eigenvalue weighted by atomic mass is 16.5. The highest BCUT2D eigenvalue weighted by Gasteiger charge is 2.13. The van der Waals surface area contributed by atoms with Crippen molar-refractivity contribution in [3.63, 3.8) is 0 Å². The Kier molecular flexibility index (Phi) is 3.23. The molecule has 0 radical (unpaired) electrons. The Bertz CT molecular complexity index is 466. The molecule has 1 aromatic rings. The fourth-order valence-electron chi connectivity index (χ4n) is 1.74. The average molecular weight is 233 g/mol. The summed E-state index contributed by atoms with van der Waals surface area (Å²) in [6, 6.07) is 5.79. The van der Waals surface area contributed by atoms with E-state index in [-0.39, 0.29) is 5.92 Å². The lowest BCUT2D eigenvalue weighted by atomic mass is 9.97. The fraction of sp³-hybridized carbons (Fsp3) is 0.231. The summed E-state index contributed by atoms with van der Waals surface area (Å²) in [5.41, 5.74) is 6.70. The molecule has 4 nitrogen and oxygen atoms in total. The van der Waals surface area contributed by atoms with Crippen LogP contribution in [0.15, 0.2) is 42.5 Å². The molecule has 1 aliphatic rings. The highest BCUT2D eigenvalue weighted by molar-refractivity contribution is 5.46. The van der Waals surface area contributed by atoms with Crippen molar-refractivity contribution >= 4 is 0 Å². The summed E-state index contributed by atoms with van der Waals surface area (Å²) in [6.45, 7) is 0. The minimum atomic E-state index is 0.101. The SMILES string of the molecule is COc1ccc([C@@H]2C=COC(N)=C2)cc1OC. The molecule has 1 aromatic carbocycles. The zero-order valence-corrected chi connectivity index (χ0v) is 9.84. The molecule has 2 rings (SSSR count). The van der Waals surface area contributed by atoms with Gasteiger partial charge < -0.3 is 19.9 Å². The Morgan fingerprint density at radius 3 is 2.59 bits per heavy atom. The molecule has 17 heavy (non-hydrogen) atoms. The Hall–Kier alpha value is -2.10. The second-order valence-electron chi connectivity index (χ2n) is 3.66. The van der Waals surface area contributed by atoms with E-state index in [1.165, 1.54) is 0 Å². The molecule has 0 saturated carbocycles. The Morgan fingerprint density at radius 1 is 1.18 bits per heavy atom. The molecule has 1 aliphatic heterocycles. The molecule has 0 aromatic heterocycles. The lowest BCUT2D eigenvalue weighted by Crippen LogP contribution is -2.06. The van der Waals surface area contributed by atoms with Gasteiger partial charge in [0, 0.05) is 5.92 Å². The molecule has 0 aliphatic carbocycles. The van der Waals surface area contributed by atoms with Gasteiger partial charge in [-0.15, -0.1) is 0 Å². The fourth-order valence-corrected chi connectivity index (χ4v) is 1.74. The topological polar surface area (TPSA) is 53.7 Å². The van der Waals surface area contributed by atoms with Crippen LogP contribution in [-0.4, -0.2) is 14.2 Å². The molecular formula is C13H15NO3. The van der Waals surface area contributed by atoms with E-state index in [0.717, 1.165) is 5.56 Å². The monoisotopic (exact) mass is 233 g/mol. The summed E-state index contributed by atoms with van der Waals surface area (Å²) >= 11 is 0. The van der Waals surface area contributed by atoms with Gasteiger partial charge in [-0.2, -0.15) is 0 Å². The molecule has 2 N–H and O–H groups in total. The maximum atomic E-state index is 5.62. The molecule has 1 atom stereocenters. The van der Waals surface area contributed by atoms with Crippen LogP contribution in [-0.2, 0) is 4.74 Å². The van der Waals surface area contributed by atoms with Gasteiger partial charge in [-0.25, -0.2) is 0 Å². The summed E-state index contributed by atoms with van der Waals surface area (Å²) in [6.07, 6.45) is 5.37. The largest absolute Gasteiger partial charge is 0.493 e. The summed E-state index contributed by atoms with van der Waals surface area (Å²) < 4.78 is 15.5. The van der Waals surface area contributed by atoms with Crippen molar-refractivity contribution in [3.05, 3.63) is 48.1 Å². The molecule has 0 saturated heterocycles. The first-order chi connectivity index (χ1) is 8.24. The van der Waals surface area contributed by atoms with Gasteiger partial charge in [0.2, 0.25) is 0 Å². The molecule has 1 heterocycles. The molecule has 0 bridgehead atoms. The minimum Gasteiger partial charge on any atom is -0.493 e. The van der Waals surface area contributed by atoms with Crippen LogP contribution in [0.4, 0.5) is 0 Å². The summed E-state index contributed by atoms with van der Waals surface area (Å²) in [4.78, 5) is 0. The van der Waals surface area contributed by atoms with E-state index >= 15 is 0 Å². The van der Waals surface area contributed by atoms with Gasteiger partial charge in [0.25, 0.3) is 0 Å². The molecule has 90 valence electrons. The quantitative estimate of drug-likeness (QED) is 0.869. The van der Waals surface area contributed by atoms with E-state index in [0.29, 0.717) is 17.4 Å². The smallest absolute Gasteiger partial charge is 0.186 e. The first-order valence-corrected chi connectivity index (χ1v) is 5.27. The predicted molar refractivity (Wildman–Crippen MR) is 64.8 cm³/mol. The van der Waals surface area contributed by atoms with Crippen molar-refractivity contribution in [2.24, 2.45) is 5.73 Å². The van der Waals surface area contributed by atoms with Crippen LogP contribution >= 0.6 is 0 Å². The van der Waals surface area contributed by atoms with Gasteiger partial charge >= 0.3 is 0 Å². The van der Waals surface area contributed by atoms with Crippen molar-refractivity contribution in [1.29, 1.82) is 0 Å². The Morgan fingerprint density at radius 2 is 1.94 bits per heavy atom. The summed E-state index contributed by atoms with van der Waals surface area (Å²) in [5, 5.41) is 0. The van der Waals surface area contributed by atoms with Crippen LogP contribution in [0.3, 0.4) is 0 Å². The van der Waals surface area contributed by atoms with Crippen molar-refractivity contribution in [3.8, 4) is 11.5 Å². The van der Waals surface area contributed by atoms with Gasteiger partial charge in [-0.1, -0.05) is 6.07 Å². The van der Waals surface area contributed by atoms with Crippen LogP contribution in [0, 0.1) is 0 Å². The predicted octanol–water partition coefficient (Wildman–Crippen LogP) is 2.13. The van der Waals surface area contributed by atoms with E-state index in [9.17, 15) is 0 Å². The Labute approximate surface area is 100 Å². The number of hydrogen-bond donors (Lipinski definition) is 1. The third-order valence-corrected chi connectivity index (χ3v) is 2.63. The summed E-state index contributed by atoms with van der Waals surface area (Å²) in [7, 11) is 3.23. The van der Waals surface area contributed by atoms with E-state index in [2.05, 4.69) is 0 Å².